The number of hydrogen-bond donors (Lipinski definition) is 1. The van der Waals surface area contributed by atoms with E-state index in [0.29, 0.717) is 17.1 Å². The molecule has 0 fully saturated rings. The third-order valence-corrected chi connectivity index (χ3v) is 2.46. The Labute approximate surface area is 102 Å². The molecule has 18 heavy (non-hydrogen) atoms. The third kappa shape index (κ3) is 2.98. The second-order valence-corrected chi connectivity index (χ2v) is 4.12. The van der Waals surface area contributed by atoms with Crippen molar-refractivity contribution in [1.82, 2.24) is 4.90 Å². The number of phenols is 1. The quantitative estimate of drug-likeness (QED) is 0.907. The Bertz CT molecular complexity index is 448. The zero-order chi connectivity index (χ0) is 13.3. The number of hydrogen-bond acceptors (Lipinski definition) is 4. The van der Waals surface area contributed by atoms with Crippen LogP contribution in [0.25, 0.3) is 0 Å². The molecule has 0 spiro atoms. The second-order valence-electron chi connectivity index (χ2n) is 4.12. The number of phenolic OH excluding ortho intramolecular Hbond substituents is 1. The predicted octanol–water partition coefficient (Wildman–Crippen LogP) is 2.12. The summed E-state index contributed by atoms with van der Waals surface area (Å²) >= 11 is 0. The molecule has 0 radical (unpaired) electrons. The van der Waals surface area contributed by atoms with Crippen LogP contribution in [0.5, 0.6) is 17.2 Å². The van der Waals surface area contributed by atoms with Crippen molar-refractivity contribution >= 4 is 0 Å². The van der Waals surface area contributed by atoms with Gasteiger partial charge in [-0.1, -0.05) is 0 Å². The molecule has 0 aliphatic carbocycles. The molecule has 1 aliphatic heterocycles. The normalized spacial score (nSPS) is 14.3. The smallest absolute Gasteiger partial charge is 0.401 e. The lowest BCUT2D eigenvalue weighted by Crippen LogP contribution is -2.30. The lowest BCUT2D eigenvalue weighted by atomic mass is 10.1. The molecular weight excluding hydrogens is 251 g/mol. The van der Waals surface area contributed by atoms with Gasteiger partial charge in [0.15, 0.2) is 11.5 Å². The van der Waals surface area contributed by atoms with Gasteiger partial charge in [0.1, 0.15) is 5.75 Å². The fraction of sp³-hybridized carbons (Fsp3) is 0.455. The number of aromatic hydroxyl groups is 1. The van der Waals surface area contributed by atoms with Crippen LogP contribution in [0.3, 0.4) is 0 Å². The Hall–Kier alpha value is -1.63. The zero-order valence-corrected chi connectivity index (χ0v) is 9.62. The van der Waals surface area contributed by atoms with Crippen LogP contribution in [0, 0.1) is 0 Å². The van der Waals surface area contributed by atoms with Gasteiger partial charge in [0.25, 0.3) is 0 Å². The van der Waals surface area contributed by atoms with Crippen LogP contribution in [0.1, 0.15) is 5.56 Å². The minimum absolute atomic E-state index is 0.0258. The maximum Gasteiger partial charge on any atom is 0.401 e. The van der Waals surface area contributed by atoms with Gasteiger partial charge in [0.2, 0.25) is 6.79 Å². The molecule has 1 N–H and O–H groups in total. The molecule has 1 aromatic rings. The second kappa shape index (κ2) is 4.56. The summed E-state index contributed by atoms with van der Waals surface area (Å²) in [5.74, 6) is 0.728. The number of benzene rings is 1. The summed E-state index contributed by atoms with van der Waals surface area (Å²) in [5.41, 5.74) is 0.367. The first-order valence-electron chi connectivity index (χ1n) is 5.22. The Morgan fingerprint density at radius 3 is 2.50 bits per heavy atom. The van der Waals surface area contributed by atoms with Gasteiger partial charge in [-0.25, -0.2) is 0 Å². The Kier molecular flexibility index (Phi) is 3.25. The molecule has 1 aromatic carbocycles. The van der Waals surface area contributed by atoms with Crippen molar-refractivity contribution < 1.29 is 27.8 Å². The highest BCUT2D eigenvalue weighted by Gasteiger charge is 2.29. The van der Waals surface area contributed by atoms with Crippen LogP contribution in [0.15, 0.2) is 12.1 Å². The molecule has 2 rings (SSSR count). The van der Waals surface area contributed by atoms with Gasteiger partial charge in [-0.05, 0) is 13.1 Å². The van der Waals surface area contributed by atoms with Crippen LogP contribution in [-0.2, 0) is 6.54 Å². The number of halogens is 3. The van der Waals surface area contributed by atoms with Crippen molar-refractivity contribution in [3.8, 4) is 17.2 Å². The molecule has 100 valence electrons. The van der Waals surface area contributed by atoms with Crippen LogP contribution in [0.4, 0.5) is 13.2 Å². The highest BCUT2D eigenvalue weighted by molar-refractivity contribution is 5.51. The molecule has 4 nitrogen and oxygen atoms in total. The van der Waals surface area contributed by atoms with E-state index in [1.165, 1.54) is 19.2 Å². The first-order chi connectivity index (χ1) is 8.35. The molecule has 0 saturated heterocycles. The molecule has 0 unspecified atom stereocenters. The van der Waals surface area contributed by atoms with E-state index in [0.717, 1.165) is 4.90 Å². The first kappa shape index (κ1) is 12.8. The predicted molar refractivity (Wildman–Crippen MR) is 56.6 cm³/mol. The Balaban J connectivity index is 2.10. The van der Waals surface area contributed by atoms with Crippen LogP contribution >= 0.6 is 0 Å². The third-order valence-electron chi connectivity index (χ3n) is 2.46. The van der Waals surface area contributed by atoms with Gasteiger partial charge >= 0.3 is 6.18 Å². The molecule has 7 heteroatoms. The molecule has 1 heterocycles. The standard InChI is InChI=1S/C11H12F3NO3/c1-15(5-11(12,13)14)4-7-2-9-10(3-8(7)16)18-6-17-9/h2-3,16H,4-6H2,1H3. The lowest BCUT2D eigenvalue weighted by Gasteiger charge is -2.19. The van der Waals surface area contributed by atoms with E-state index in [9.17, 15) is 18.3 Å². The zero-order valence-electron chi connectivity index (χ0n) is 9.62. The summed E-state index contributed by atoms with van der Waals surface area (Å²) in [4.78, 5) is 1.07. The molecule has 0 amide bonds. The van der Waals surface area contributed by atoms with E-state index in [1.54, 1.807) is 0 Å². The molecular formula is C11H12F3NO3. The van der Waals surface area contributed by atoms with Gasteiger partial charge in [-0.2, -0.15) is 13.2 Å². The molecule has 0 bridgehead atoms. The molecule has 0 aromatic heterocycles. The fourth-order valence-corrected chi connectivity index (χ4v) is 1.75. The molecule has 0 saturated carbocycles. The highest BCUT2D eigenvalue weighted by atomic mass is 19.4. The summed E-state index contributed by atoms with van der Waals surface area (Å²) in [6.07, 6.45) is -4.26. The topological polar surface area (TPSA) is 41.9 Å². The number of nitrogens with zero attached hydrogens (tertiary/aromatic N) is 1. The molecule has 0 atom stereocenters. The van der Waals surface area contributed by atoms with E-state index in [-0.39, 0.29) is 19.1 Å². The fourth-order valence-electron chi connectivity index (χ4n) is 1.75. The van der Waals surface area contributed by atoms with Crippen molar-refractivity contribution in [2.24, 2.45) is 0 Å². The summed E-state index contributed by atoms with van der Waals surface area (Å²) in [7, 11) is 1.33. The number of rotatable bonds is 3. The van der Waals surface area contributed by atoms with E-state index in [1.807, 2.05) is 0 Å². The minimum atomic E-state index is -4.26. The number of fused-ring (bicyclic) bond motifs is 1. The van der Waals surface area contributed by atoms with Crippen LogP contribution < -0.4 is 9.47 Å². The minimum Gasteiger partial charge on any atom is -0.507 e. The largest absolute Gasteiger partial charge is 0.507 e. The van der Waals surface area contributed by atoms with Crippen molar-refractivity contribution in [3.05, 3.63) is 17.7 Å². The van der Waals surface area contributed by atoms with Gasteiger partial charge in [0, 0.05) is 18.2 Å². The van der Waals surface area contributed by atoms with Crippen molar-refractivity contribution in [1.29, 1.82) is 0 Å². The monoisotopic (exact) mass is 263 g/mol. The molecule has 1 aliphatic rings. The van der Waals surface area contributed by atoms with E-state index >= 15 is 0 Å². The van der Waals surface area contributed by atoms with E-state index < -0.39 is 12.7 Å². The van der Waals surface area contributed by atoms with Gasteiger partial charge in [-0.3, -0.25) is 4.90 Å². The van der Waals surface area contributed by atoms with Gasteiger partial charge in [-0.15, -0.1) is 0 Å². The summed E-state index contributed by atoms with van der Waals surface area (Å²) in [6, 6.07) is 2.84. The summed E-state index contributed by atoms with van der Waals surface area (Å²) in [5, 5.41) is 9.68. The SMILES string of the molecule is CN(Cc1cc2c(cc1O)OCO2)CC(F)(F)F. The maximum absolute atomic E-state index is 12.2. The van der Waals surface area contributed by atoms with Crippen LogP contribution in [0.2, 0.25) is 0 Å². The number of ether oxygens (including phenoxy) is 2. The van der Waals surface area contributed by atoms with E-state index in [4.69, 9.17) is 9.47 Å². The Morgan fingerprint density at radius 2 is 1.89 bits per heavy atom. The first-order valence-corrected chi connectivity index (χ1v) is 5.22. The number of alkyl halides is 3. The highest BCUT2D eigenvalue weighted by Crippen LogP contribution is 2.38. The van der Waals surface area contributed by atoms with Gasteiger partial charge < -0.3 is 14.6 Å². The van der Waals surface area contributed by atoms with E-state index in [2.05, 4.69) is 0 Å². The van der Waals surface area contributed by atoms with Crippen molar-refractivity contribution in [3.63, 3.8) is 0 Å². The average molecular weight is 263 g/mol. The summed E-state index contributed by atoms with van der Waals surface area (Å²) < 4.78 is 46.7. The van der Waals surface area contributed by atoms with Crippen molar-refractivity contribution in [2.75, 3.05) is 20.4 Å². The summed E-state index contributed by atoms with van der Waals surface area (Å²) in [6.45, 7) is -1.01. The Morgan fingerprint density at radius 1 is 1.28 bits per heavy atom. The lowest BCUT2D eigenvalue weighted by molar-refractivity contribution is -0.144. The average Bonchev–Trinajstić information content (AvgIpc) is 2.62. The van der Waals surface area contributed by atoms with Crippen molar-refractivity contribution in [2.45, 2.75) is 12.7 Å². The maximum atomic E-state index is 12.2. The van der Waals surface area contributed by atoms with Gasteiger partial charge in [0.05, 0.1) is 6.54 Å². The van der Waals surface area contributed by atoms with Crippen LogP contribution in [-0.4, -0.2) is 36.6 Å².